The highest BCUT2D eigenvalue weighted by Crippen LogP contribution is 1.98. The van der Waals surface area contributed by atoms with Gasteiger partial charge in [-0.15, -0.1) is 0 Å². The molecular formula is C10H18O4. The van der Waals surface area contributed by atoms with E-state index in [0.29, 0.717) is 18.8 Å². The number of ether oxygens (including phenoxy) is 3. The zero-order chi connectivity index (χ0) is 11.0. The van der Waals surface area contributed by atoms with Crippen molar-refractivity contribution < 1.29 is 19.0 Å². The highest BCUT2D eigenvalue weighted by Gasteiger charge is 2.11. The molecule has 14 heavy (non-hydrogen) atoms. The molecule has 0 radical (unpaired) electrons. The van der Waals surface area contributed by atoms with E-state index >= 15 is 0 Å². The molecule has 0 heterocycles. The summed E-state index contributed by atoms with van der Waals surface area (Å²) >= 11 is 0. The van der Waals surface area contributed by atoms with Gasteiger partial charge in [-0.05, 0) is 13.8 Å². The molecule has 0 aliphatic rings. The second-order valence-corrected chi connectivity index (χ2v) is 2.91. The van der Waals surface area contributed by atoms with Gasteiger partial charge in [0.2, 0.25) is 0 Å². The zero-order valence-electron chi connectivity index (χ0n) is 9.04. The van der Waals surface area contributed by atoms with Gasteiger partial charge in [0.1, 0.15) is 12.7 Å². The monoisotopic (exact) mass is 202 g/mol. The Hall–Kier alpha value is -0.870. The van der Waals surface area contributed by atoms with Crippen molar-refractivity contribution in [3.05, 3.63) is 12.2 Å². The van der Waals surface area contributed by atoms with Crippen LogP contribution in [0.3, 0.4) is 0 Å². The van der Waals surface area contributed by atoms with Crippen LogP contribution in [0, 0.1) is 0 Å². The summed E-state index contributed by atoms with van der Waals surface area (Å²) in [6, 6.07) is 0. The molecule has 0 bridgehead atoms. The minimum absolute atomic E-state index is 0.201. The molecule has 0 rings (SSSR count). The Kier molecular flexibility index (Phi) is 7.06. The first-order valence-electron chi connectivity index (χ1n) is 4.55. The number of rotatable bonds is 7. The molecule has 4 heteroatoms. The molecule has 0 aromatic heterocycles. The molecule has 0 saturated carbocycles. The summed E-state index contributed by atoms with van der Waals surface area (Å²) in [6.07, 6.45) is -0.201. The Morgan fingerprint density at radius 3 is 2.50 bits per heavy atom. The molecule has 0 amide bonds. The van der Waals surface area contributed by atoms with Crippen molar-refractivity contribution in [1.29, 1.82) is 0 Å². The van der Waals surface area contributed by atoms with Crippen molar-refractivity contribution in [3.8, 4) is 0 Å². The van der Waals surface area contributed by atoms with Gasteiger partial charge in [-0.3, -0.25) is 0 Å². The van der Waals surface area contributed by atoms with Gasteiger partial charge in [0.05, 0.1) is 6.61 Å². The molecule has 0 saturated heterocycles. The average Bonchev–Trinajstić information content (AvgIpc) is 2.14. The standard InChI is InChI=1S/C10H18O4/c1-5-13-9(6-12-4)7-14-10(11)8(2)3/h9H,2,5-7H2,1,3-4H3. The first-order chi connectivity index (χ1) is 6.61. The fraction of sp³-hybridized carbons (Fsp3) is 0.700. The molecular weight excluding hydrogens is 184 g/mol. The van der Waals surface area contributed by atoms with Crippen molar-refractivity contribution in [3.63, 3.8) is 0 Å². The van der Waals surface area contributed by atoms with E-state index < -0.39 is 5.97 Å². The predicted molar refractivity (Wildman–Crippen MR) is 53.1 cm³/mol. The number of methoxy groups -OCH3 is 1. The first kappa shape index (κ1) is 13.1. The first-order valence-corrected chi connectivity index (χ1v) is 4.55. The summed E-state index contributed by atoms with van der Waals surface area (Å²) in [6.45, 7) is 8.15. The number of carbonyl (C=O) groups excluding carboxylic acids is 1. The maximum absolute atomic E-state index is 11.0. The molecule has 0 aliphatic carbocycles. The Labute approximate surface area is 84.8 Å². The summed E-state index contributed by atoms with van der Waals surface area (Å²) in [7, 11) is 1.58. The molecule has 0 aliphatic heterocycles. The van der Waals surface area contributed by atoms with E-state index in [1.807, 2.05) is 6.92 Å². The molecule has 1 unspecified atom stereocenters. The largest absolute Gasteiger partial charge is 0.459 e. The summed E-state index contributed by atoms with van der Waals surface area (Å²) in [5.74, 6) is -0.397. The minimum atomic E-state index is -0.397. The zero-order valence-corrected chi connectivity index (χ0v) is 9.04. The number of carbonyl (C=O) groups is 1. The van der Waals surface area contributed by atoms with Crippen molar-refractivity contribution in [2.45, 2.75) is 20.0 Å². The Morgan fingerprint density at radius 2 is 2.07 bits per heavy atom. The van der Waals surface area contributed by atoms with E-state index in [-0.39, 0.29) is 12.7 Å². The normalized spacial score (nSPS) is 12.2. The van der Waals surface area contributed by atoms with Gasteiger partial charge in [0.25, 0.3) is 0 Å². The topological polar surface area (TPSA) is 44.8 Å². The average molecular weight is 202 g/mol. The van der Waals surface area contributed by atoms with Crippen LogP contribution in [0.25, 0.3) is 0 Å². The fourth-order valence-corrected chi connectivity index (χ4v) is 0.858. The van der Waals surface area contributed by atoms with Crippen molar-refractivity contribution in [2.75, 3.05) is 26.9 Å². The van der Waals surface area contributed by atoms with Gasteiger partial charge in [0, 0.05) is 19.3 Å². The Bertz CT molecular complexity index is 183. The highest BCUT2D eigenvalue weighted by molar-refractivity contribution is 5.86. The quantitative estimate of drug-likeness (QED) is 0.459. The van der Waals surface area contributed by atoms with E-state index in [2.05, 4.69) is 6.58 Å². The van der Waals surface area contributed by atoms with E-state index in [4.69, 9.17) is 14.2 Å². The summed E-state index contributed by atoms with van der Waals surface area (Å²) in [4.78, 5) is 11.0. The third-order valence-corrected chi connectivity index (χ3v) is 1.50. The fourth-order valence-electron chi connectivity index (χ4n) is 0.858. The van der Waals surface area contributed by atoms with Crippen LogP contribution in [0.5, 0.6) is 0 Å². The van der Waals surface area contributed by atoms with E-state index in [1.54, 1.807) is 14.0 Å². The number of hydrogen-bond acceptors (Lipinski definition) is 4. The number of esters is 1. The maximum Gasteiger partial charge on any atom is 0.333 e. The van der Waals surface area contributed by atoms with Gasteiger partial charge >= 0.3 is 5.97 Å². The molecule has 0 aromatic carbocycles. The van der Waals surface area contributed by atoms with Crippen LogP contribution >= 0.6 is 0 Å². The molecule has 0 spiro atoms. The third-order valence-electron chi connectivity index (χ3n) is 1.50. The van der Waals surface area contributed by atoms with Crippen LogP contribution in [0.2, 0.25) is 0 Å². The van der Waals surface area contributed by atoms with Crippen LogP contribution in [0.4, 0.5) is 0 Å². The van der Waals surface area contributed by atoms with Crippen LogP contribution < -0.4 is 0 Å². The second-order valence-electron chi connectivity index (χ2n) is 2.91. The SMILES string of the molecule is C=C(C)C(=O)OCC(COC)OCC. The predicted octanol–water partition coefficient (Wildman–Crippen LogP) is 1.16. The van der Waals surface area contributed by atoms with Crippen LogP contribution in [-0.4, -0.2) is 39.0 Å². The van der Waals surface area contributed by atoms with Gasteiger partial charge in [-0.1, -0.05) is 6.58 Å². The van der Waals surface area contributed by atoms with E-state index in [0.717, 1.165) is 0 Å². The van der Waals surface area contributed by atoms with Crippen LogP contribution in [0.15, 0.2) is 12.2 Å². The highest BCUT2D eigenvalue weighted by atomic mass is 16.6. The Balaban J connectivity index is 3.80. The van der Waals surface area contributed by atoms with E-state index in [9.17, 15) is 4.79 Å². The summed E-state index contributed by atoms with van der Waals surface area (Å²) in [5, 5.41) is 0. The lowest BCUT2D eigenvalue weighted by Crippen LogP contribution is -2.26. The van der Waals surface area contributed by atoms with Gasteiger partial charge in [0.15, 0.2) is 0 Å². The molecule has 82 valence electrons. The molecule has 0 aromatic rings. The molecule has 0 N–H and O–H groups in total. The van der Waals surface area contributed by atoms with Crippen molar-refractivity contribution in [1.82, 2.24) is 0 Å². The minimum Gasteiger partial charge on any atom is -0.459 e. The maximum atomic E-state index is 11.0. The van der Waals surface area contributed by atoms with Gasteiger partial charge in [-0.25, -0.2) is 4.79 Å². The molecule has 4 nitrogen and oxygen atoms in total. The van der Waals surface area contributed by atoms with Gasteiger partial charge in [-0.2, -0.15) is 0 Å². The van der Waals surface area contributed by atoms with Crippen molar-refractivity contribution in [2.24, 2.45) is 0 Å². The van der Waals surface area contributed by atoms with Crippen LogP contribution in [-0.2, 0) is 19.0 Å². The smallest absolute Gasteiger partial charge is 0.333 e. The lowest BCUT2D eigenvalue weighted by Gasteiger charge is -2.15. The molecule has 0 fully saturated rings. The van der Waals surface area contributed by atoms with Gasteiger partial charge < -0.3 is 14.2 Å². The summed E-state index contributed by atoms with van der Waals surface area (Å²) < 4.78 is 15.1. The van der Waals surface area contributed by atoms with Crippen LogP contribution in [0.1, 0.15) is 13.8 Å². The summed E-state index contributed by atoms with van der Waals surface area (Å²) in [5.41, 5.74) is 0.387. The molecule has 1 atom stereocenters. The lowest BCUT2D eigenvalue weighted by molar-refractivity contribution is -0.144. The Morgan fingerprint density at radius 1 is 1.43 bits per heavy atom. The van der Waals surface area contributed by atoms with Crippen molar-refractivity contribution >= 4 is 5.97 Å². The third kappa shape index (κ3) is 5.72. The van der Waals surface area contributed by atoms with E-state index in [1.165, 1.54) is 0 Å². The lowest BCUT2D eigenvalue weighted by atomic mass is 10.3. The number of hydrogen-bond donors (Lipinski definition) is 0. The second kappa shape index (κ2) is 7.53.